The summed E-state index contributed by atoms with van der Waals surface area (Å²) in [6.07, 6.45) is 0.408. The van der Waals surface area contributed by atoms with Gasteiger partial charge in [0.1, 0.15) is 11.6 Å². The van der Waals surface area contributed by atoms with Crippen LogP contribution in [0.5, 0.6) is 11.6 Å². The van der Waals surface area contributed by atoms with Crippen molar-refractivity contribution in [3.63, 3.8) is 0 Å². The maximum atomic E-state index is 11.8. The van der Waals surface area contributed by atoms with Crippen LogP contribution in [-0.2, 0) is 17.8 Å². The number of nitro benzene ring substituents is 1. The molecule has 2 heterocycles. The zero-order chi connectivity index (χ0) is 19.9. The fourth-order valence-corrected chi connectivity index (χ4v) is 3.40. The molecule has 1 aliphatic heterocycles. The van der Waals surface area contributed by atoms with Gasteiger partial charge in [-0.1, -0.05) is 6.07 Å². The first kappa shape index (κ1) is 18.6. The lowest BCUT2D eigenvalue weighted by Gasteiger charge is -2.32. The van der Waals surface area contributed by atoms with Gasteiger partial charge in [-0.15, -0.1) is 0 Å². The summed E-state index contributed by atoms with van der Waals surface area (Å²) in [5, 5.41) is 31.8. The van der Waals surface area contributed by atoms with Crippen molar-refractivity contribution in [2.24, 2.45) is 0 Å². The predicted molar refractivity (Wildman–Crippen MR) is 96.6 cm³/mol. The Morgan fingerprint density at radius 2 is 2.11 bits per heavy atom. The highest BCUT2D eigenvalue weighted by atomic mass is 16.6. The van der Waals surface area contributed by atoms with Gasteiger partial charge in [0.25, 0.3) is 0 Å². The summed E-state index contributed by atoms with van der Waals surface area (Å²) in [6, 6.07) is 5.12. The van der Waals surface area contributed by atoms with Crippen molar-refractivity contribution >= 4 is 5.69 Å². The van der Waals surface area contributed by atoms with E-state index in [9.17, 15) is 20.5 Å². The lowest BCUT2D eigenvalue weighted by molar-refractivity contribution is -0.385. The molecule has 8 heteroatoms. The third-order valence-corrected chi connectivity index (χ3v) is 4.68. The molecule has 1 aromatic heterocycles. The van der Waals surface area contributed by atoms with Crippen LogP contribution < -0.4 is 4.74 Å². The number of aryl methyl sites for hydroxylation is 1. The minimum Gasteiger partial charge on any atom is -0.492 e. The Morgan fingerprint density at radius 3 is 2.70 bits per heavy atom. The van der Waals surface area contributed by atoms with Crippen LogP contribution in [0.1, 0.15) is 36.2 Å². The molecule has 140 valence electrons. The minimum absolute atomic E-state index is 0.0756. The van der Waals surface area contributed by atoms with Crippen molar-refractivity contribution in [2.45, 2.75) is 39.4 Å². The van der Waals surface area contributed by atoms with Crippen LogP contribution in [0.3, 0.4) is 0 Å². The molecule has 3 rings (SSSR count). The van der Waals surface area contributed by atoms with E-state index in [4.69, 9.17) is 9.47 Å². The zero-order valence-electron chi connectivity index (χ0n) is 15.5. The van der Waals surface area contributed by atoms with Crippen LogP contribution in [0.25, 0.3) is 11.1 Å². The Labute approximate surface area is 156 Å². The quantitative estimate of drug-likeness (QED) is 0.650. The summed E-state index contributed by atoms with van der Waals surface area (Å²) in [5.41, 5.74) is 1.36. The highest BCUT2D eigenvalue weighted by molar-refractivity contribution is 5.87. The number of fused-ring (bicyclic) bond motifs is 1. The number of methoxy groups -OCH3 is 1. The first-order chi connectivity index (χ1) is 12.7. The first-order valence-corrected chi connectivity index (χ1v) is 8.31. The Hall–Kier alpha value is -3.18. The van der Waals surface area contributed by atoms with Crippen molar-refractivity contribution in [1.29, 1.82) is 5.26 Å². The molecule has 0 bridgehead atoms. The summed E-state index contributed by atoms with van der Waals surface area (Å²) < 4.78 is 11.0. The number of aromatic hydroxyl groups is 1. The number of ether oxygens (including phenoxy) is 2. The van der Waals surface area contributed by atoms with Gasteiger partial charge in [0.05, 0.1) is 35.5 Å². The highest BCUT2D eigenvalue weighted by Crippen LogP contribution is 2.46. The van der Waals surface area contributed by atoms with Crippen LogP contribution in [-0.4, -0.2) is 27.7 Å². The maximum absolute atomic E-state index is 11.8. The van der Waals surface area contributed by atoms with Crippen molar-refractivity contribution in [1.82, 2.24) is 4.98 Å². The van der Waals surface area contributed by atoms with E-state index in [-0.39, 0.29) is 34.7 Å². The SMILES string of the molecule is COc1ccc(C)c(-c2c(C#N)c(O)nc3c2COC(C)(C)C3)c1[N+](=O)[O-]. The lowest BCUT2D eigenvalue weighted by Crippen LogP contribution is -2.33. The molecule has 0 fully saturated rings. The van der Waals surface area contributed by atoms with E-state index in [2.05, 4.69) is 4.98 Å². The van der Waals surface area contributed by atoms with Gasteiger partial charge >= 0.3 is 5.69 Å². The highest BCUT2D eigenvalue weighted by Gasteiger charge is 2.35. The average molecular weight is 369 g/mol. The molecular formula is C19H19N3O5. The van der Waals surface area contributed by atoms with Crippen molar-refractivity contribution in [3.05, 3.63) is 44.6 Å². The zero-order valence-corrected chi connectivity index (χ0v) is 15.5. The second kappa shape index (κ2) is 6.52. The molecule has 1 N–H and O–H groups in total. The number of rotatable bonds is 3. The van der Waals surface area contributed by atoms with Gasteiger partial charge in [-0.3, -0.25) is 10.1 Å². The maximum Gasteiger partial charge on any atom is 0.318 e. The molecule has 0 radical (unpaired) electrons. The molecule has 0 saturated heterocycles. The molecular weight excluding hydrogens is 350 g/mol. The molecule has 8 nitrogen and oxygen atoms in total. The van der Waals surface area contributed by atoms with Crippen LogP contribution in [0.15, 0.2) is 12.1 Å². The van der Waals surface area contributed by atoms with Crippen LogP contribution in [0, 0.1) is 28.4 Å². The molecule has 0 unspecified atom stereocenters. The van der Waals surface area contributed by atoms with Gasteiger partial charge in [-0.2, -0.15) is 5.26 Å². The Kier molecular flexibility index (Phi) is 4.49. The first-order valence-electron chi connectivity index (χ1n) is 8.31. The topological polar surface area (TPSA) is 119 Å². The van der Waals surface area contributed by atoms with Gasteiger partial charge < -0.3 is 14.6 Å². The number of aromatic nitrogens is 1. The minimum atomic E-state index is -0.542. The molecule has 0 atom stereocenters. The number of benzene rings is 1. The Bertz CT molecular complexity index is 992. The fraction of sp³-hybridized carbons (Fsp3) is 0.368. The molecule has 1 aliphatic rings. The molecule has 0 amide bonds. The van der Waals surface area contributed by atoms with E-state index in [0.29, 0.717) is 23.2 Å². The number of nitro groups is 1. The number of hydrogen-bond donors (Lipinski definition) is 1. The number of nitrogens with zero attached hydrogens (tertiary/aromatic N) is 3. The van der Waals surface area contributed by atoms with Gasteiger partial charge in [0.2, 0.25) is 5.88 Å². The van der Waals surface area contributed by atoms with Gasteiger partial charge in [-0.05, 0) is 32.4 Å². The van der Waals surface area contributed by atoms with Gasteiger partial charge in [-0.25, -0.2) is 4.98 Å². The van der Waals surface area contributed by atoms with Crippen molar-refractivity contribution < 1.29 is 19.5 Å². The Morgan fingerprint density at radius 1 is 1.41 bits per heavy atom. The summed E-state index contributed by atoms with van der Waals surface area (Å²) in [7, 11) is 1.35. The molecule has 0 aliphatic carbocycles. The number of hydrogen-bond acceptors (Lipinski definition) is 7. The predicted octanol–water partition coefficient (Wildman–Crippen LogP) is 3.40. The van der Waals surface area contributed by atoms with E-state index in [1.165, 1.54) is 13.2 Å². The van der Waals surface area contributed by atoms with Crippen LogP contribution in [0.4, 0.5) is 5.69 Å². The molecule has 0 spiro atoms. The largest absolute Gasteiger partial charge is 0.492 e. The smallest absolute Gasteiger partial charge is 0.318 e. The summed E-state index contributed by atoms with van der Waals surface area (Å²) in [5.74, 6) is -0.368. The standard InChI is InChI=1S/C19H19N3O5/c1-10-5-6-14(26-4)17(22(24)25)15(10)16-11(8-20)18(23)21-13-7-19(2,3)27-9-12(13)16/h5-6H,7,9H2,1-4H3,(H,21,23). The second-order valence-corrected chi connectivity index (χ2v) is 7.01. The molecule has 0 saturated carbocycles. The molecule has 1 aromatic carbocycles. The van der Waals surface area contributed by atoms with E-state index >= 15 is 0 Å². The molecule has 2 aromatic rings. The third kappa shape index (κ3) is 3.06. The molecule has 27 heavy (non-hydrogen) atoms. The third-order valence-electron chi connectivity index (χ3n) is 4.68. The van der Waals surface area contributed by atoms with E-state index < -0.39 is 16.4 Å². The monoisotopic (exact) mass is 369 g/mol. The lowest BCUT2D eigenvalue weighted by atomic mass is 9.86. The summed E-state index contributed by atoms with van der Waals surface area (Å²) in [4.78, 5) is 15.4. The fourth-order valence-electron chi connectivity index (χ4n) is 3.40. The van der Waals surface area contributed by atoms with Crippen LogP contribution in [0.2, 0.25) is 0 Å². The normalized spacial score (nSPS) is 14.9. The van der Waals surface area contributed by atoms with Crippen molar-refractivity contribution in [3.8, 4) is 28.8 Å². The summed E-state index contributed by atoms with van der Waals surface area (Å²) >= 11 is 0. The van der Waals surface area contributed by atoms with E-state index in [0.717, 1.165) is 0 Å². The summed E-state index contributed by atoms with van der Waals surface area (Å²) in [6.45, 7) is 5.63. The van der Waals surface area contributed by atoms with E-state index in [1.807, 2.05) is 19.9 Å². The second-order valence-electron chi connectivity index (χ2n) is 7.01. The van der Waals surface area contributed by atoms with Crippen LogP contribution >= 0.6 is 0 Å². The van der Waals surface area contributed by atoms with Crippen molar-refractivity contribution in [2.75, 3.05) is 7.11 Å². The number of pyridine rings is 1. The van der Waals surface area contributed by atoms with E-state index in [1.54, 1.807) is 13.0 Å². The average Bonchev–Trinajstić information content (AvgIpc) is 2.59. The Balaban J connectivity index is 2.45. The van der Waals surface area contributed by atoms with Gasteiger partial charge in [0.15, 0.2) is 5.75 Å². The number of nitriles is 1. The van der Waals surface area contributed by atoms with Gasteiger partial charge in [0, 0.05) is 17.5 Å².